The SMILES string of the molecule is Cn1cc2c(c1C(=O)Nc1ccc(F)c(F)c1)OC[C@@H](C1(C)CC1)NS2(=O)=O. The van der Waals surface area contributed by atoms with Gasteiger partial charge in [-0.2, -0.15) is 0 Å². The molecule has 0 radical (unpaired) electrons. The van der Waals surface area contributed by atoms with Crippen molar-refractivity contribution in [3.8, 4) is 5.75 Å². The Bertz CT molecular complexity index is 1080. The van der Waals surface area contributed by atoms with E-state index in [0.717, 1.165) is 25.0 Å². The number of fused-ring (bicyclic) bond motifs is 1. The molecule has 2 N–H and O–H groups in total. The monoisotopic (exact) mass is 411 g/mol. The molecule has 1 saturated carbocycles. The van der Waals surface area contributed by atoms with Gasteiger partial charge in [0.25, 0.3) is 5.91 Å². The zero-order chi connectivity index (χ0) is 20.3. The predicted molar refractivity (Wildman–Crippen MR) is 96.7 cm³/mol. The van der Waals surface area contributed by atoms with E-state index in [1.807, 2.05) is 6.92 Å². The Hall–Kier alpha value is -2.46. The molecule has 0 saturated heterocycles. The first-order valence-electron chi connectivity index (χ1n) is 8.71. The summed E-state index contributed by atoms with van der Waals surface area (Å²) in [5, 5.41) is 2.44. The van der Waals surface area contributed by atoms with Crippen molar-refractivity contribution in [1.29, 1.82) is 0 Å². The third-order valence-corrected chi connectivity index (χ3v) is 6.82. The Morgan fingerprint density at radius 2 is 2.04 bits per heavy atom. The van der Waals surface area contributed by atoms with Crippen molar-refractivity contribution in [3.63, 3.8) is 0 Å². The summed E-state index contributed by atoms with van der Waals surface area (Å²) in [7, 11) is -2.37. The molecule has 0 bridgehead atoms. The van der Waals surface area contributed by atoms with E-state index < -0.39 is 33.6 Å². The molecule has 2 aliphatic rings. The fourth-order valence-electron chi connectivity index (χ4n) is 3.27. The molecule has 10 heteroatoms. The summed E-state index contributed by atoms with van der Waals surface area (Å²) in [5.41, 5.74) is -0.143. The minimum atomic E-state index is -3.88. The molecule has 7 nitrogen and oxygen atoms in total. The van der Waals surface area contributed by atoms with Gasteiger partial charge in [-0.1, -0.05) is 6.92 Å². The number of benzene rings is 1. The Morgan fingerprint density at radius 3 is 2.68 bits per heavy atom. The van der Waals surface area contributed by atoms with E-state index in [1.54, 1.807) is 0 Å². The number of aromatic nitrogens is 1. The molecule has 1 atom stereocenters. The topological polar surface area (TPSA) is 89.4 Å². The van der Waals surface area contributed by atoms with Crippen molar-refractivity contribution >= 4 is 21.6 Å². The fraction of sp³-hybridized carbons (Fsp3) is 0.389. The highest BCUT2D eigenvalue weighted by Crippen LogP contribution is 2.49. The molecule has 150 valence electrons. The lowest BCUT2D eigenvalue weighted by Crippen LogP contribution is -2.42. The lowest BCUT2D eigenvalue weighted by molar-refractivity contribution is 0.101. The molecule has 1 aromatic heterocycles. The quantitative estimate of drug-likeness (QED) is 0.812. The van der Waals surface area contributed by atoms with Crippen molar-refractivity contribution < 1.29 is 26.7 Å². The average molecular weight is 411 g/mol. The third-order valence-electron chi connectivity index (χ3n) is 5.36. The van der Waals surface area contributed by atoms with Crippen LogP contribution in [0.3, 0.4) is 0 Å². The number of rotatable bonds is 3. The molecule has 2 heterocycles. The van der Waals surface area contributed by atoms with E-state index in [0.29, 0.717) is 0 Å². The molecule has 1 fully saturated rings. The van der Waals surface area contributed by atoms with Crippen LogP contribution in [-0.4, -0.2) is 31.5 Å². The van der Waals surface area contributed by atoms with Crippen molar-refractivity contribution in [3.05, 3.63) is 41.7 Å². The highest BCUT2D eigenvalue weighted by Gasteiger charge is 2.49. The number of halogens is 2. The number of amides is 1. The van der Waals surface area contributed by atoms with Gasteiger partial charge in [0.05, 0.1) is 6.04 Å². The number of nitrogens with one attached hydrogen (secondary N) is 2. The molecule has 4 rings (SSSR count). The molecule has 1 aliphatic carbocycles. The Balaban J connectivity index is 1.67. The number of sulfonamides is 1. The second-order valence-electron chi connectivity index (χ2n) is 7.50. The first-order valence-corrected chi connectivity index (χ1v) is 10.2. The lowest BCUT2D eigenvalue weighted by atomic mass is 10.0. The summed E-state index contributed by atoms with van der Waals surface area (Å²) in [6, 6.07) is 2.55. The molecule has 2 aromatic rings. The van der Waals surface area contributed by atoms with Crippen molar-refractivity contribution in [2.45, 2.75) is 30.7 Å². The number of carbonyl (C=O) groups is 1. The van der Waals surface area contributed by atoms with Gasteiger partial charge in [0.15, 0.2) is 23.1 Å². The summed E-state index contributed by atoms with van der Waals surface area (Å²) < 4.78 is 61.8. The minimum absolute atomic E-state index is 0.0216. The highest BCUT2D eigenvalue weighted by atomic mass is 32.2. The van der Waals surface area contributed by atoms with Crippen molar-refractivity contribution in [1.82, 2.24) is 9.29 Å². The summed E-state index contributed by atoms with van der Waals surface area (Å²) in [5.74, 6) is -2.89. The Labute approximate surface area is 160 Å². The van der Waals surface area contributed by atoms with Crippen LogP contribution >= 0.6 is 0 Å². The normalized spacial score (nSPS) is 21.9. The van der Waals surface area contributed by atoms with Gasteiger partial charge >= 0.3 is 0 Å². The molecule has 0 spiro atoms. The molecular formula is C18H19F2N3O4S. The van der Waals surface area contributed by atoms with Crippen LogP contribution in [-0.2, 0) is 17.1 Å². The van der Waals surface area contributed by atoms with E-state index in [1.165, 1.54) is 23.9 Å². The van der Waals surface area contributed by atoms with Crippen LogP contribution in [0.2, 0.25) is 0 Å². The summed E-state index contributed by atoms with van der Waals surface area (Å²) in [6.45, 7) is 2.08. The fourth-order valence-corrected chi connectivity index (χ4v) is 4.83. The molecule has 1 aliphatic heterocycles. The number of hydrogen-bond donors (Lipinski definition) is 2. The maximum absolute atomic E-state index is 13.4. The minimum Gasteiger partial charge on any atom is -0.488 e. The third kappa shape index (κ3) is 3.16. The van der Waals surface area contributed by atoms with Crippen LogP contribution in [0.4, 0.5) is 14.5 Å². The first-order chi connectivity index (χ1) is 13.1. The molecule has 1 amide bonds. The number of carbonyl (C=O) groups excluding carboxylic acids is 1. The number of hydrogen-bond acceptors (Lipinski definition) is 4. The zero-order valence-electron chi connectivity index (χ0n) is 15.3. The van der Waals surface area contributed by atoms with Gasteiger partial charge in [0.1, 0.15) is 11.5 Å². The van der Waals surface area contributed by atoms with Gasteiger partial charge in [0, 0.05) is 25.0 Å². The van der Waals surface area contributed by atoms with Crippen LogP contribution in [0, 0.1) is 17.0 Å². The number of aryl methyl sites for hydroxylation is 1. The summed E-state index contributed by atoms with van der Waals surface area (Å²) in [4.78, 5) is 12.6. The van der Waals surface area contributed by atoms with Crippen LogP contribution in [0.1, 0.15) is 30.3 Å². The van der Waals surface area contributed by atoms with Gasteiger partial charge in [-0.3, -0.25) is 4.79 Å². The van der Waals surface area contributed by atoms with Crippen LogP contribution in [0.15, 0.2) is 29.3 Å². The summed E-state index contributed by atoms with van der Waals surface area (Å²) in [6.07, 6.45) is 3.09. The molecule has 28 heavy (non-hydrogen) atoms. The van der Waals surface area contributed by atoms with E-state index in [-0.39, 0.29) is 34.0 Å². The van der Waals surface area contributed by atoms with E-state index in [4.69, 9.17) is 4.74 Å². The van der Waals surface area contributed by atoms with Gasteiger partial charge < -0.3 is 14.6 Å². The lowest BCUT2D eigenvalue weighted by Gasteiger charge is -2.21. The zero-order valence-corrected chi connectivity index (χ0v) is 16.1. The van der Waals surface area contributed by atoms with E-state index in [9.17, 15) is 22.0 Å². The standard InChI is InChI=1S/C18H19F2N3O4S/c1-18(5-6-18)14-9-27-16-13(28(25,26)22-14)8-23(2)15(16)17(24)21-10-3-4-11(19)12(20)7-10/h3-4,7-8,14,22H,5-6,9H2,1-2H3,(H,21,24)/t14-/m0/s1. The Kier molecular flexibility index (Phi) is 4.23. The molecular weight excluding hydrogens is 392 g/mol. The average Bonchev–Trinajstić information content (AvgIpc) is 3.29. The second-order valence-corrected chi connectivity index (χ2v) is 9.19. The van der Waals surface area contributed by atoms with Crippen LogP contribution in [0.25, 0.3) is 0 Å². The van der Waals surface area contributed by atoms with E-state index >= 15 is 0 Å². The number of ether oxygens (including phenoxy) is 1. The van der Waals surface area contributed by atoms with Gasteiger partial charge in [0.2, 0.25) is 10.0 Å². The number of nitrogens with zero attached hydrogens (tertiary/aromatic N) is 1. The van der Waals surface area contributed by atoms with Crippen LogP contribution in [0.5, 0.6) is 5.75 Å². The highest BCUT2D eigenvalue weighted by molar-refractivity contribution is 7.89. The maximum atomic E-state index is 13.4. The van der Waals surface area contributed by atoms with Crippen molar-refractivity contribution in [2.75, 3.05) is 11.9 Å². The Morgan fingerprint density at radius 1 is 1.32 bits per heavy atom. The van der Waals surface area contributed by atoms with Crippen molar-refractivity contribution in [2.24, 2.45) is 12.5 Å². The van der Waals surface area contributed by atoms with Gasteiger partial charge in [-0.05, 0) is 30.4 Å². The smallest absolute Gasteiger partial charge is 0.276 e. The molecule has 0 unspecified atom stereocenters. The van der Waals surface area contributed by atoms with E-state index in [2.05, 4.69) is 10.0 Å². The van der Waals surface area contributed by atoms with Crippen LogP contribution < -0.4 is 14.8 Å². The first kappa shape index (κ1) is 18.9. The second kappa shape index (κ2) is 6.28. The predicted octanol–water partition coefficient (Wildman–Crippen LogP) is 2.39. The van der Waals surface area contributed by atoms with Gasteiger partial charge in [-0.25, -0.2) is 21.9 Å². The largest absolute Gasteiger partial charge is 0.488 e. The maximum Gasteiger partial charge on any atom is 0.276 e. The number of anilines is 1. The van der Waals surface area contributed by atoms with Gasteiger partial charge in [-0.15, -0.1) is 0 Å². The summed E-state index contributed by atoms with van der Waals surface area (Å²) >= 11 is 0. The molecule has 1 aromatic carbocycles.